The smallest absolute Gasteiger partial charge is 0.0541 e. The van der Waals surface area contributed by atoms with Gasteiger partial charge in [-0.15, -0.1) is 0 Å². The second kappa shape index (κ2) is 31.0. The van der Waals surface area contributed by atoms with Crippen molar-refractivity contribution in [2.45, 2.75) is 0 Å². The maximum atomic E-state index is 2.44. The number of nitrogens with zero attached hydrogens (tertiary/aromatic N) is 4. The van der Waals surface area contributed by atoms with E-state index in [1.807, 2.05) is 0 Å². The van der Waals surface area contributed by atoms with Crippen molar-refractivity contribution in [2.24, 2.45) is 0 Å². The van der Waals surface area contributed by atoms with E-state index in [4.69, 9.17) is 0 Å². The van der Waals surface area contributed by atoms with E-state index in [1.54, 1.807) is 0 Å². The molecule has 134 heavy (non-hydrogen) atoms. The molecule has 4 heteroatoms. The molecule has 0 radical (unpaired) electrons. The van der Waals surface area contributed by atoms with Gasteiger partial charge in [-0.05, 0) is 282 Å². The van der Waals surface area contributed by atoms with Gasteiger partial charge >= 0.3 is 0 Å². The van der Waals surface area contributed by atoms with E-state index in [2.05, 4.69) is 516 Å². The molecule has 0 unspecified atom stereocenters. The van der Waals surface area contributed by atoms with Gasteiger partial charge in [0.2, 0.25) is 0 Å². The lowest BCUT2D eigenvalue weighted by Gasteiger charge is -2.13. The first kappa shape index (κ1) is 76.4. The van der Waals surface area contributed by atoms with Gasteiger partial charge in [0.25, 0.3) is 0 Å². The molecule has 0 N–H and O–H groups in total. The predicted octanol–water partition coefficient (Wildman–Crippen LogP) is 35.4. The van der Waals surface area contributed by atoms with Crippen LogP contribution in [0.25, 0.3) is 264 Å². The monoisotopic (exact) mass is 1700 g/mol. The van der Waals surface area contributed by atoms with Crippen molar-refractivity contribution >= 4 is 130 Å². The molecule has 4 heterocycles. The quantitative estimate of drug-likeness (QED) is 0.109. The van der Waals surface area contributed by atoms with Crippen molar-refractivity contribution in [3.63, 3.8) is 0 Å². The third kappa shape index (κ3) is 12.4. The number of hydrogen-bond acceptors (Lipinski definition) is 0. The molecule has 0 aliphatic heterocycles. The van der Waals surface area contributed by atoms with Crippen LogP contribution in [0.1, 0.15) is 0 Å². The summed E-state index contributed by atoms with van der Waals surface area (Å²) in [5.74, 6) is 0. The van der Waals surface area contributed by atoms with Gasteiger partial charge in [0, 0.05) is 65.8 Å². The van der Waals surface area contributed by atoms with Gasteiger partial charge in [-0.1, -0.05) is 370 Å². The second-order valence-electron chi connectivity index (χ2n) is 35.7. The van der Waals surface area contributed by atoms with Gasteiger partial charge in [-0.2, -0.15) is 0 Å². The number of benzene rings is 23. The molecule has 0 atom stereocenters. The average Bonchev–Trinajstić information content (AvgIpc) is 1.57. The van der Waals surface area contributed by atoms with Crippen molar-refractivity contribution in [1.82, 2.24) is 18.3 Å². The summed E-state index contributed by atoms with van der Waals surface area (Å²) < 4.78 is 9.67. The fourth-order valence-corrected chi connectivity index (χ4v) is 22.1. The Morgan fingerprint density at radius 2 is 0.328 bits per heavy atom. The number of para-hydroxylation sites is 4. The van der Waals surface area contributed by atoms with Crippen molar-refractivity contribution in [3.05, 3.63) is 497 Å². The molecular weight excluding hydrogens is 1620 g/mol. The Hall–Kier alpha value is -17.7. The highest BCUT2D eigenvalue weighted by Gasteiger charge is 2.26. The van der Waals surface area contributed by atoms with E-state index >= 15 is 0 Å². The molecule has 28 rings (SSSR count). The van der Waals surface area contributed by atoms with E-state index in [9.17, 15) is 0 Å². The number of fused-ring (bicyclic) bond motifs is 21. The van der Waals surface area contributed by atoms with Crippen LogP contribution in [0, 0.1) is 0 Å². The Bertz CT molecular complexity index is 9370. The minimum atomic E-state index is 1.15. The zero-order valence-electron chi connectivity index (χ0n) is 73.1. The topological polar surface area (TPSA) is 19.7 Å². The van der Waals surface area contributed by atoms with E-state index in [0.717, 1.165) is 22.7 Å². The van der Waals surface area contributed by atoms with Crippen LogP contribution in [0.3, 0.4) is 0 Å². The van der Waals surface area contributed by atoms with Gasteiger partial charge in [-0.25, -0.2) is 0 Å². The van der Waals surface area contributed by atoms with Gasteiger partial charge in [0.05, 0.1) is 44.1 Å². The van der Waals surface area contributed by atoms with Crippen LogP contribution < -0.4 is 0 Å². The van der Waals surface area contributed by atoms with E-state index in [-0.39, 0.29) is 0 Å². The number of aromatic nitrogens is 4. The third-order valence-electron chi connectivity index (χ3n) is 28.4. The summed E-state index contributed by atoms with van der Waals surface area (Å²) in [6.07, 6.45) is 0. The van der Waals surface area contributed by atoms with Crippen molar-refractivity contribution in [2.75, 3.05) is 0 Å². The summed E-state index contributed by atoms with van der Waals surface area (Å²) in [6.45, 7) is 0. The van der Waals surface area contributed by atoms with Crippen LogP contribution >= 0.6 is 0 Å². The summed E-state index contributed by atoms with van der Waals surface area (Å²) >= 11 is 0. The Morgan fingerprint density at radius 1 is 0.0970 bits per heavy atom. The Labute approximate surface area is 774 Å². The van der Waals surface area contributed by atoms with E-state index < -0.39 is 0 Å². The molecule has 0 saturated heterocycles. The minimum Gasteiger partial charge on any atom is -0.309 e. The van der Waals surface area contributed by atoms with Crippen LogP contribution in [-0.2, 0) is 0 Å². The van der Waals surface area contributed by atoms with Crippen LogP contribution in [0.5, 0.6) is 0 Å². The molecule has 0 spiro atoms. The van der Waals surface area contributed by atoms with Crippen molar-refractivity contribution < 1.29 is 0 Å². The van der Waals surface area contributed by atoms with Crippen molar-refractivity contribution in [1.29, 1.82) is 0 Å². The molecule has 4 aromatic heterocycles. The maximum absolute atomic E-state index is 2.44. The van der Waals surface area contributed by atoms with E-state index in [0.29, 0.717) is 0 Å². The largest absolute Gasteiger partial charge is 0.309 e. The van der Waals surface area contributed by atoms with Crippen LogP contribution in [0.2, 0.25) is 0 Å². The summed E-state index contributed by atoms with van der Waals surface area (Å²) in [4.78, 5) is 0. The SMILES string of the molecule is c1ccc(-c2ccc(-c3ccc(-n4c5ccccc5c5cc(-c6ccc7c(c6)c6ccccc6n7-c6ccc(-c7ccc8c9ccccc9c9ccccc9c8c7)cc6)ccc54)cc3)cc2)cc1.c1ccc(-c2ccc(-c3ccc(-n4c5ccccc5c5cc(-c6ccc7c(c6)c6ccccc6n7-c6cccc(-c7ccc8c9c(cccc79)-c7ccccc7-8)c6)ccc54)cc3)cc2)cc1. The Morgan fingerprint density at radius 3 is 0.716 bits per heavy atom. The summed E-state index contributed by atoms with van der Waals surface area (Å²) in [5, 5.41) is 20.4. The third-order valence-corrected chi connectivity index (χ3v) is 28.4. The fourth-order valence-electron chi connectivity index (χ4n) is 22.1. The lowest BCUT2D eigenvalue weighted by Crippen LogP contribution is -1.94. The first-order valence-corrected chi connectivity index (χ1v) is 46.3. The lowest BCUT2D eigenvalue weighted by atomic mass is 9.92. The summed E-state index contributed by atoms with van der Waals surface area (Å²) in [7, 11) is 0. The summed E-state index contributed by atoms with van der Waals surface area (Å²) in [6, 6.07) is 183. The standard InChI is InChI=1S/C66H42N2.C64H40N2/c1-2-12-43(13-3-1)44-22-24-45(25-23-44)46-26-33-51(34-27-46)67-63-20-10-8-18-58(63)61-41-49(31-38-65(61)67)50-32-39-66-62(42-50)59-19-9-11-21-64(59)68(66)52-35-28-47(29-36-52)48-30-37-57-55-16-5-4-14-53(55)54-15-6-7-17-56(54)60(57)40-48;1-2-12-41(13-3-1)42-24-26-43(27-25-42)44-28-32-48(33-29-44)65-60-22-8-6-18-53(60)58-39-45(30-36-62(58)65)46-31-37-63-59(40-46)54-19-7-9-23-61(54)66(63)49-15-10-14-47(38-49)50-34-35-57-52-17-5-4-16-51(52)56-21-11-20-55(50)64(56)57/h1-42H;1-40H. The van der Waals surface area contributed by atoms with Gasteiger partial charge in [0.15, 0.2) is 0 Å². The molecule has 1 aliphatic rings. The highest BCUT2D eigenvalue weighted by Crippen LogP contribution is 2.51. The molecule has 0 fully saturated rings. The van der Waals surface area contributed by atoms with Gasteiger partial charge in [-0.3, -0.25) is 0 Å². The molecular formula is C130H82N4. The highest BCUT2D eigenvalue weighted by molar-refractivity contribution is 6.26. The average molecular weight is 1700 g/mol. The highest BCUT2D eigenvalue weighted by atomic mass is 15.0. The fraction of sp³-hybridized carbons (Fsp3) is 0. The lowest BCUT2D eigenvalue weighted by molar-refractivity contribution is 1.18. The molecule has 23 aromatic carbocycles. The number of hydrogen-bond donors (Lipinski definition) is 0. The minimum absolute atomic E-state index is 1.15. The first-order chi connectivity index (χ1) is 66.4. The molecule has 4 nitrogen and oxygen atoms in total. The molecule has 1 aliphatic carbocycles. The van der Waals surface area contributed by atoms with Crippen LogP contribution in [-0.4, -0.2) is 18.3 Å². The Kier molecular flexibility index (Phi) is 17.7. The van der Waals surface area contributed by atoms with Crippen LogP contribution in [0.4, 0.5) is 0 Å². The second-order valence-corrected chi connectivity index (χ2v) is 35.7. The molecule has 0 bridgehead atoms. The van der Waals surface area contributed by atoms with Crippen molar-refractivity contribution in [3.8, 4) is 134 Å². The first-order valence-electron chi connectivity index (χ1n) is 46.3. The van der Waals surface area contributed by atoms with Crippen LogP contribution in [0.15, 0.2) is 497 Å². The van der Waals surface area contributed by atoms with E-state index in [1.165, 1.54) is 242 Å². The van der Waals surface area contributed by atoms with Gasteiger partial charge in [0.1, 0.15) is 0 Å². The number of rotatable bonds is 12. The maximum Gasteiger partial charge on any atom is 0.0541 e. The predicted molar refractivity (Wildman–Crippen MR) is 568 cm³/mol. The summed E-state index contributed by atoms with van der Waals surface area (Å²) in [5.41, 5.74) is 38.9. The molecule has 0 amide bonds. The molecule has 622 valence electrons. The van der Waals surface area contributed by atoms with Gasteiger partial charge < -0.3 is 18.3 Å². The zero-order chi connectivity index (χ0) is 88.0. The Balaban J connectivity index is 0.000000137. The normalized spacial score (nSPS) is 11.9. The molecule has 27 aromatic rings. The molecule has 0 saturated carbocycles. The zero-order valence-corrected chi connectivity index (χ0v) is 73.1.